The number of aryl methyl sites for hydroxylation is 1. The molecule has 0 saturated carbocycles. The van der Waals surface area contributed by atoms with Crippen molar-refractivity contribution >= 4 is 5.96 Å². The van der Waals surface area contributed by atoms with Gasteiger partial charge in [0, 0.05) is 46.0 Å². The number of rotatable bonds is 8. The highest BCUT2D eigenvalue weighted by Gasteiger charge is 2.15. The summed E-state index contributed by atoms with van der Waals surface area (Å²) in [7, 11) is 5.82. The molecule has 2 aromatic rings. The second-order valence-electron chi connectivity index (χ2n) is 7.08. The Bertz CT molecular complexity index is 814. The zero-order valence-electron chi connectivity index (χ0n) is 17.6. The Morgan fingerprint density at radius 3 is 2.68 bits per heavy atom. The molecule has 2 rings (SSSR count). The van der Waals surface area contributed by atoms with Crippen LogP contribution in [-0.2, 0) is 20.0 Å². The van der Waals surface area contributed by atoms with Crippen molar-refractivity contribution in [3.63, 3.8) is 0 Å². The second kappa shape index (κ2) is 10.4. The molecule has 150 valence electrons. The van der Waals surface area contributed by atoms with E-state index in [4.69, 9.17) is 11.2 Å². The lowest BCUT2D eigenvalue weighted by Gasteiger charge is -2.22. The fourth-order valence-corrected chi connectivity index (χ4v) is 3.07. The van der Waals surface area contributed by atoms with Crippen LogP contribution in [0.1, 0.15) is 36.6 Å². The normalized spacial score (nSPS) is 11.4. The third-order valence-electron chi connectivity index (χ3n) is 4.41. The standard InChI is InChI=1S/C22H31N5O/c1-7-14-28-20-10-8-18(9-11-20)12-13-24-22(23-4)26(5)15-19-16-27(6)25-21(19)17(2)3/h1,8-11,16-17H,12-15H2,2-6H3,(H,23,24). The van der Waals surface area contributed by atoms with E-state index in [1.807, 2.05) is 38.0 Å². The van der Waals surface area contributed by atoms with Gasteiger partial charge in [-0.2, -0.15) is 5.10 Å². The van der Waals surface area contributed by atoms with Crippen LogP contribution in [0.25, 0.3) is 0 Å². The van der Waals surface area contributed by atoms with Crippen LogP contribution in [0.15, 0.2) is 35.5 Å². The van der Waals surface area contributed by atoms with Crippen molar-refractivity contribution in [2.75, 3.05) is 27.2 Å². The summed E-state index contributed by atoms with van der Waals surface area (Å²) >= 11 is 0. The van der Waals surface area contributed by atoms with Gasteiger partial charge in [-0.3, -0.25) is 9.67 Å². The molecule has 0 bridgehead atoms. The van der Waals surface area contributed by atoms with E-state index in [9.17, 15) is 0 Å². The molecule has 0 unspecified atom stereocenters. The fraction of sp³-hybridized carbons (Fsp3) is 0.455. The Morgan fingerprint density at radius 2 is 2.07 bits per heavy atom. The van der Waals surface area contributed by atoms with Gasteiger partial charge in [0.05, 0.1) is 5.69 Å². The minimum Gasteiger partial charge on any atom is -0.481 e. The maximum atomic E-state index is 5.40. The number of nitrogens with zero attached hydrogens (tertiary/aromatic N) is 4. The molecule has 6 nitrogen and oxygen atoms in total. The predicted molar refractivity (Wildman–Crippen MR) is 115 cm³/mol. The van der Waals surface area contributed by atoms with E-state index in [1.54, 1.807) is 0 Å². The van der Waals surface area contributed by atoms with Crippen LogP contribution in [0.2, 0.25) is 0 Å². The van der Waals surface area contributed by atoms with Crippen molar-refractivity contribution in [3.05, 3.63) is 47.3 Å². The zero-order valence-corrected chi connectivity index (χ0v) is 17.6. The van der Waals surface area contributed by atoms with Crippen LogP contribution in [0.5, 0.6) is 5.75 Å². The highest BCUT2D eigenvalue weighted by Crippen LogP contribution is 2.18. The van der Waals surface area contributed by atoms with Crippen LogP contribution < -0.4 is 10.1 Å². The maximum absolute atomic E-state index is 5.40. The number of hydrogen-bond donors (Lipinski definition) is 1. The zero-order chi connectivity index (χ0) is 20.5. The number of aliphatic imine (C=N–C) groups is 1. The average molecular weight is 382 g/mol. The number of hydrogen-bond acceptors (Lipinski definition) is 3. The number of guanidine groups is 1. The summed E-state index contributed by atoms with van der Waals surface area (Å²) in [6, 6.07) is 8.02. The average Bonchev–Trinajstić information content (AvgIpc) is 3.04. The van der Waals surface area contributed by atoms with Gasteiger partial charge in [-0.1, -0.05) is 31.9 Å². The Hall–Kier alpha value is -2.94. The summed E-state index contributed by atoms with van der Waals surface area (Å²) in [6.07, 6.45) is 8.19. The number of nitrogens with one attached hydrogen (secondary N) is 1. The van der Waals surface area contributed by atoms with E-state index in [0.29, 0.717) is 12.5 Å². The van der Waals surface area contributed by atoms with E-state index in [2.05, 4.69) is 58.4 Å². The third-order valence-corrected chi connectivity index (χ3v) is 4.41. The van der Waals surface area contributed by atoms with Crippen LogP contribution in [0.3, 0.4) is 0 Å². The molecule has 0 aliphatic carbocycles. The number of terminal acetylenes is 1. The molecule has 28 heavy (non-hydrogen) atoms. The molecule has 0 aliphatic heterocycles. The Kier molecular flexibility index (Phi) is 7.94. The molecule has 1 aromatic carbocycles. The van der Waals surface area contributed by atoms with E-state index >= 15 is 0 Å². The molecular formula is C22H31N5O. The lowest BCUT2D eigenvalue weighted by Crippen LogP contribution is -2.39. The minimum absolute atomic E-state index is 0.291. The molecule has 0 fully saturated rings. The van der Waals surface area contributed by atoms with Crippen LogP contribution >= 0.6 is 0 Å². The van der Waals surface area contributed by atoms with E-state index in [1.165, 1.54) is 11.1 Å². The predicted octanol–water partition coefficient (Wildman–Crippen LogP) is 2.81. The summed E-state index contributed by atoms with van der Waals surface area (Å²) in [6.45, 7) is 6.19. The Labute approximate surface area is 168 Å². The molecular weight excluding hydrogens is 350 g/mol. The van der Waals surface area contributed by atoms with Crippen molar-refractivity contribution in [2.24, 2.45) is 12.0 Å². The molecule has 0 aliphatic rings. The molecule has 6 heteroatoms. The largest absolute Gasteiger partial charge is 0.481 e. The molecule has 0 atom stereocenters. The van der Waals surface area contributed by atoms with Gasteiger partial charge in [0.2, 0.25) is 0 Å². The monoisotopic (exact) mass is 381 g/mol. The summed E-state index contributed by atoms with van der Waals surface area (Å²) in [4.78, 5) is 6.53. The van der Waals surface area contributed by atoms with Crippen LogP contribution in [0, 0.1) is 12.3 Å². The first-order valence-electron chi connectivity index (χ1n) is 9.54. The van der Waals surface area contributed by atoms with E-state index in [0.717, 1.165) is 36.9 Å². The van der Waals surface area contributed by atoms with Crippen molar-refractivity contribution in [3.8, 4) is 18.1 Å². The van der Waals surface area contributed by atoms with Gasteiger partial charge in [-0.25, -0.2) is 0 Å². The third kappa shape index (κ3) is 6.05. The molecule has 1 aromatic heterocycles. The number of ether oxygens (including phenoxy) is 1. The van der Waals surface area contributed by atoms with Gasteiger partial charge >= 0.3 is 0 Å². The van der Waals surface area contributed by atoms with Gasteiger partial charge in [-0.05, 0) is 30.0 Å². The van der Waals surface area contributed by atoms with Crippen molar-refractivity contribution in [2.45, 2.75) is 32.7 Å². The van der Waals surface area contributed by atoms with Crippen molar-refractivity contribution < 1.29 is 4.74 Å². The molecule has 0 saturated heterocycles. The lowest BCUT2D eigenvalue weighted by atomic mass is 10.1. The summed E-state index contributed by atoms with van der Waals surface area (Å²) < 4.78 is 7.28. The Morgan fingerprint density at radius 1 is 1.36 bits per heavy atom. The molecule has 1 N–H and O–H groups in total. The topological polar surface area (TPSA) is 54.7 Å². The molecule has 1 heterocycles. The SMILES string of the molecule is C#CCOc1ccc(CCNC(=NC)N(C)Cc2cn(C)nc2C(C)C)cc1. The molecule has 0 amide bonds. The van der Waals surface area contributed by atoms with Crippen molar-refractivity contribution in [1.29, 1.82) is 0 Å². The fourth-order valence-electron chi connectivity index (χ4n) is 3.07. The quantitative estimate of drug-likeness (QED) is 0.434. The lowest BCUT2D eigenvalue weighted by molar-refractivity contribution is 0.370. The second-order valence-corrected chi connectivity index (χ2v) is 7.08. The van der Waals surface area contributed by atoms with Crippen LogP contribution in [-0.4, -0.2) is 47.9 Å². The van der Waals surface area contributed by atoms with Crippen LogP contribution in [0.4, 0.5) is 0 Å². The van der Waals surface area contributed by atoms with Gasteiger partial charge in [0.25, 0.3) is 0 Å². The van der Waals surface area contributed by atoms with Gasteiger partial charge in [0.15, 0.2) is 5.96 Å². The summed E-state index contributed by atoms with van der Waals surface area (Å²) in [5, 5.41) is 8.02. The molecule has 0 spiro atoms. The smallest absolute Gasteiger partial charge is 0.193 e. The Balaban J connectivity index is 1.88. The molecule has 0 radical (unpaired) electrons. The summed E-state index contributed by atoms with van der Waals surface area (Å²) in [5.41, 5.74) is 3.59. The maximum Gasteiger partial charge on any atom is 0.193 e. The van der Waals surface area contributed by atoms with Gasteiger partial charge < -0.3 is 15.0 Å². The van der Waals surface area contributed by atoms with Crippen molar-refractivity contribution in [1.82, 2.24) is 20.0 Å². The number of benzene rings is 1. The highest BCUT2D eigenvalue weighted by atomic mass is 16.5. The number of aromatic nitrogens is 2. The van der Waals surface area contributed by atoms with E-state index < -0.39 is 0 Å². The first-order chi connectivity index (χ1) is 13.4. The van der Waals surface area contributed by atoms with E-state index in [-0.39, 0.29) is 0 Å². The summed E-state index contributed by atoms with van der Waals surface area (Å²) in [5.74, 6) is 4.53. The highest BCUT2D eigenvalue weighted by molar-refractivity contribution is 5.79. The minimum atomic E-state index is 0.291. The first kappa shape index (κ1) is 21.4. The first-order valence-corrected chi connectivity index (χ1v) is 9.54. The van der Waals surface area contributed by atoms with Gasteiger partial charge in [-0.15, -0.1) is 6.42 Å². The van der Waals surface area contributed by atoms with Gasteiger partial charge in [0.1, 0.15) is 12.4 Å².